The number of sulfonamides is 1. The minimum Gasteiger partial charge on any atom is -0.258 e. The lowest BCUT2D eigenvalue weighted by Gasteiger charge is -2.25. The molecule has 0 aliphatic heterocycles. The van der Waals surface area contributed by atoms with Crippen LogP contribution in [0.3, 0.4) is 0 Å². The second-order valence-electron chi connectivity index (χ2n) is 4.52. The molecule has 0 heterocycles. The number of rotatable bonds is 5. The third-order valence-electron chi connectivity index (χ3n) is 3.21. The third-order valence-corrected chi connectivity index (χ3v) is 4.63. The van der Waals surface area contributed by atoms with Crippen LogP contribution in [0.15, 0.2) is 23.1 Å². The van der Waals surface area contributed by atoms with Crippen LogP contribution in [0.25, 0.3) is 0 Å². The number of nitrogens with one attached hydrogen (secondary N) is 1. The van der Waals surface area contributed by atoms with E-state index in [2.05, 4.69) is 4.72 Å². The molecular weight excluding hydrogens is 275 g/mol. The largest absolute Gasteiger partial charge is 0.304 e. The lowest BCUT2D eigenvalue weighted by Crippen LogP contribution is -2.32. The average molecular weight is 288 g/mol. The van der Waals surface area contributed by atoms with Gasteiger partial charge in [-0.15, -0.1) is 0 Å². The standard InChI is InChI=1S/C11H13FN2O4S/c12-10-6-9(4-5-11(10)14(15)16)19(17,18)13-7-8-2-1-3-8/h4-6,8,13H,1-3,7H2. The Hall–Kier alpha value is -1.54. The van der Waals surface area contributed by atoms with E-state index in [0.717, 1.165) is 31.4 Å². The van der Waals surface area contributed by atoms with Crippen molar-refractivity contribution in [1.82, 2.24) is 4.72 Å². The highest BCUT2D eigenvalue weighted by atomic mass is 32.2. The molecule has 0 spiro atoms. The summed E-state index contributed by atoms with van der Waals surface area (Å²) in [6, 6.07) is 2.55. The van der Waals surface area contributed by atoms with Crippen molar-refractivity contribution in [2.45, 2.75) is 24.2 Å². The van der Waals surface area contributed by atoms with Crippen molar-refractivity contribution < 1.29 is 17.7 Å². The van der Waals surface area contributed by atoms with Crippen LogP contribution in [0, 0.1) is 21.8 Å². The van der Waals surface area contributed by atoms with E-state index in [0.29, 0.717) is 18.5 Å². The zero-order valence-electron chi connectivity index (χ0n) is 10.0. The maximum Gasteiger partial charge on any atom is 0.304 e. The zero-order chi connectivity index (χ0) is 14.0. The molecule has 1 N–H and O–H groups in total. The Kier molecular flexibility index (Phi) is 3.81. The van der Waals surface area contributed by atoms with Crippen molar-refractivity contribution in [3.63, 3.8) is 0 Å². The van der Waals surface area contributed by atoms with Crippen LogP contribution in [0.1, 0.15) is 19.3 Å². The molecule has 0 radical (unpaired) electrons. The minimum atomic E-state index is -3.81. The van der Waals surface area contributed by atoms with Crippen molar-refractivity contribution in [3.05, 3.63) is 34.1 Å². The maximum absolute atomic E-state index is 13.4. The van der Waals surface area contributed by atoms with Crippen LogP contribution in [-0.4, -0.2) is 19.9 Å². The van der Waals surface area contributed by atoms with E-state index >= 15 is 0 Å². The Bertz CT molecular complexity index is 599. The second-order valence-corrected chi connectivity index (χ2v) is 6.29. The Morgan fingerprint density at radius 3 is 2.58 bits per heavy atom. The van der Waals surface area contributed by atoms with Gasteiger partial charge in [0.05, 0.1) is 9.82 Å². The predicted molar refractivity (Wildman–Crippen MR) is 65.6 cm³/mol. The highest BCUT2D eigenvalue weighted by Crippen LogP contribution is 2.26. The summed E-state index contributed by atoms with van der Waals surface area (Å²) in [5, 5.41) is 10.4. The molecule has 0 unspecified atom stereocenters. The SMILES string of the molecule is O=[N+]([O-])c1ccc(S(=O)(=O)NCC2CCC2)cc1F. The van der Waals surface area contributed by atoms with Gasteiger partial charge in [0.25, 0.3) is 0 Å². The van der Waals surface area contributed by atoms with Gasteiger partial charge in [0.15, 0.2) is 0 Å². The van der Waals surface area contributed by atoms with Gasteiger partial charge in [-0.2, -0.15) is 4.39 Å². The van der Waals surface area contributed by atoms with Gasteiger partial charge in [-0.25, -0.2) is 13.1 Å². The third kappa shape index (κ3) is 3.07. The molecule has 0 bridgehead atoms. The van der Waals surface area contributed by atoms with E-state index in [-0.39, 0.29) is 4.90 Å². The number of nitro groups is 1. The molecule has 0 amide bonds. The van der Waals surface area contributed by atoms with E-state index in [1.54, 1.807) is 0 Å². The normalized spacial score (nSPS) is 16.1. The van der Waals surface area contributed by atoms with Gasteiger partial charge < -0.3 is 0 Å². The van der Waals surface area contributed by atoms with Crippen molar-refractivity contribution in [3.8, 4) is 0 Å². The van der Waals surface area contributed by atoms with Crippen LogP contribution in [-0.2, 0) is 10.0 Å². The summed E-state index contributed by atoms with van der Waals surface area (Å²) >= 11 is 0. The smallest absolute Gasteiger partial charge is 0.258 e. The first-order chi connectivity index (χ1) is 8.90. The van der Waals surface area contributed by atoms with E-state index in [1.165, 1.54) is 0 Å². The maximum atomic E-state index is 13.4. The number of halogens is 1. The molecule has 104 valence electrons. The fraction of sp³-hybridized carbons (Fsp3) is 0.455. The van der Waals surface area contributed by atoms with Crippen LogP contribution >= 0.6 is 0 Å². The predicted octanol–water partition coefficient (Wildman–Crippen LogP) is 1.81. The molecule has 2 rings (SSSR count). The highest BCUT2D eigenvalue weighted by molar-refractivity contribution is 7.89. The quantitative estimate of drug-likeness (QED) is 0.661. The topological polar surface area (TPSA) is 89.3 Å². The second kappa shape index (κ2) is 5.22. The summed E-state index contributed by atoms with van der Waals surface area (Å²) in [6.45, 7) is 0.320. The molecule has 1 aliphatic carbocycles. The summed E-state index contributed by atoms with van der Waals surface area (Å²) < 4.78 is 39.5. The molecule has 1 aromatic carbocycles. The lowest BCUT2D eigenvalue weighted by molar-refractivity contribution is -0.387. The number of hydrogen-bond acceptors (Lipinski definition) is 4. The summed E-state index contributed by atoms with van der Waals surface area (Å²) in [6.07, 6.45) is 3.06. The Balaban J connectivity index is 2.15. The van der Waals surface area contributed by atoms with Gasteiger partial charge >= 0.3 is 5.69 Å². The van der Waals surface area contributed by atoms with Crippen molar-refractivity contribution in [2.75, 3.05) is 6.54 Å². The van der Waals surface area contributed by atoms with E-state index in [9.17, 15) is 22.9 Å². The first-order valence-electron chi connectivity index (χ1n) is 5.84. The summed E-state index contributed by atoms with van der Waals surface area (Å²) in [5.41, 5.74) is -0.738. The molecule has 0 atom stereocenters. The first-order valence-corrected chi connectivity index (χ1v) is 7.32. The Labute approximate surface area is 109 Å². The summed E-state index contributed by atoms with van der Waals surface area (Å²) in [4.78, 5) is 9.25. The van der Waals surface area contributed by atoms with Crippen LogP contribution in [0.4, 0.5) is 10.1 Å². The monoisotopic (exact) mass is 288 g/mol. The van der Waals surface area contributed by atoms with Crippen molar-refractivity contribution in [1.29, 1.82) is 0 Å². The molecule has 6 nitrogen and oxygen atoms in total. The van der Waals surface area contributed by atoms with Gasteiger partial charge in [-0.1, -0.05) is 6.42 Å². The molecule has 0 aromatic heterocycles. The van der Waals surface area contributed by atoms with Crippen molar-refractivity contribution in [2.24, 2.45) is 5.92 Å². The Morgan fingerprint density at radius 2 is 2.11 bits per heavy atom. The van der Waals surface area contributed by atoms with Gasteiger partial charge in [0, 0.05) is 18.7 Å². The van der Waals surface area contributed by atoms with Gasteiger partial charge in [-0.05, 0) is 24.8 Å². The molecule has 8 heteroatoms. The van der Waals surface area contributed by atoms with Gasteiger partial charge in [0.2, 0.25) is 15.8 Å². The minimum absolute atomic E-state index is 0.296. The number of benzene rings is 1. The fourth-order valence-corrected chi connectivity index (χ4v) is 2.94. The molecule has 1 aliphatic rings. The lowest BCUT2D eigenvalue weighted by atomic mass is 9.86. The molecule has 19 heavy (non-hydrogen) atoms. The van der Waals surface area contributed by atoms with Gasteiger partial charge in [0.1, 0.15) is 0 Å². The molecule has 1 fully saturated rings. The number of nitro benzene ring substituents is 1. The number of hydrogen-bond donors (Lipinski definition) is 1. The van der Waals surface area contributed by atoms with Crippen molar-refractivity contribution >= 4 is 15.7 Å². The Morgan fingerprint density at radius 1 is 1.42 bits per heavy atom. The van der Waals surface area contributed by atoms with Crippen LogP contribution < -0.4 is 4.72 Å². The summed E-state index contributed by atoms with van der Waals surface area (Å²) in [5.74, 6) is -0.825. The van der Waals surface area contributed by atoms with E-state index in [4.69, 9.17) is 0 Å². The van der Waals surface area contributed by atoms with E-state index in [1.807, 2.05) is 0 Å². The van der Waals surface area contributed by atoms with Gasteiger partial charge in [-0.3, -0.25) is 10.1 Å². The highest BCUT2D eigenvalue weighted by Gasteiger charge is 2.23. The average Bonchev–Trinajstić information content (AvgIpc) is 2.26. The fourth-order valence-electron chi connectivity index (χ4n) is 1.81. The molecular formula is C11H13FN2O4S. The molecule has 1 aromatic rings. The van der Waals surface area contributed by atoms with Crippen LogP contribution in [0.2, 0.25) is 0 Å². The first kappa shape index (κ1) is 13.9. The van der Waals surface area contributed by atoms with Crippen LogP contribution in [0.5, 0.6) is 0 Å². The molecule has 1 saturated carbocycles. The summed E-state index contributed by atoms with van der Waals surface area (Å²) in [7, 11) is -3.81. The number of nitrogens with zero attached hydrogens (tertiary/aromatic N) is 1. The van der Waals surface area contributed by atoms with E-state index < -0.39 is 26.5 Å². The zero-order valence-corrected chi connectivity index (χ0v) is 10.8. The molecule has 0 saturated heterocycles.